The van der Waals surface area contributed by atoms with Crippen molar-refractivity contribution in [2.24, 2.45) is 5.92 Å². The lowest BCUT2D eigenvalue weighted by atomic mass is 10.2. The van der Waals surface area contributed by atoms with Crippen LogP contribution in [0.4, 0.5) is 8.78 Å². The monoisotopic (exact) mass is 159 g/mol. The average molecular weight is 159 g/mol. The van der Waals surface area contributed by atoms with Crippen molar-refractivity contribution in [2.75, 3.05) is 0 Å². The van der Waals surface area contributed by atoms with E-state index >= 15 is 0 Å². The molecule has 1 aromatic heterocycles. The van der Waals surface area contributed by atoms with E-state index in [1.807, 2.05) is 0 Å². The highest BCUT2D eigenvalue weighted by Crippen LogP contribution is 2.49. The second-order valence-electron chi connectivity index (χ2n) is 2.74. The van der Waals surface area contributed by atoms with Crippen LogP contribution in [0.5, 0.6) is 0 Å². The zero-order valence-electron chi connectivity index (χ0n) is 5.67. The van der Waals surface area contributed by atoms with Crippen molar-refractivity contribution in [1.82, 2.24) is 15.4 Å². The molecule has 0 spiro atoms. The summed E-state index contributed by atoms with van der Waals surface area (Å²) in [5.41, 5.74) is 0.662. The normalized spacial score (nSPS) is 29.4. The molecular weight excluding hydrogens is 152 g/mol. The molecule has 0 radical (unpaired) electrons. The quantitative estimate of drug-likeness (QED) is 0.703. The van der Waals surface area contributed by atoms with Gasteiger partial charge in [-0.05, 0) is 6.42 Å². The van der Waals surface area contributed by atoms with E-state index in [2.05, 4.69) is 15.4 Å². The number of aromatic nitrogens is 3. The van der Waals surface area contributed by atoms with E-state index in [9.17, 15) is 8.78 Å². The predicted octanol–water partition coefficient (Wildman–Crippen LogP) is 1.17. The SMILES string of the molecule is FC(F)C1CC1c1cn[nH]n1. The molecule has 2 atom stereocenters. The highest BCUT2D eigenvalue weighted by molar-refractivity contribution is 5.13. The Balaban J connectivity index is 2.02. The zero-order chi connectivity index (χ0) is 7.84. The summed E-state index contributed by atoms with van der Waals surface area (Å²) < 4.78 is 24.0. The van der Waals surface area contributed by atoms with E-state index in [4.69, 9.17) is 0 Å². The number of nitrogens with zero attached hydrogens (tertiary/aromatic N) is 2. The Hall–Kier alpha value is -1.00. The summed E-state index contributed by atoms with van der Waals surface area (Å²) in [5, 5.41) is 9.70. The maximum Gasteiger partial charge on any atom is 0.242 e. The fourth-order valence-electron chi connectivity index (χ4n) is 1.22. The number of aromatic amines is 1. The molecule has 0 bridgehead atoms. The lowest BCUT2D eigenvalue weighted by Gasteiger charge is -1.92. The van der Waals surface area contributed by atoms with Crippen LogP contribution in [0.1, 0.15) is 18.0 Å². The first-order chi connectivity index (χ1) is 5.29. The van der Waals surface area contributed by atoms with Gasteiger partial charge in [-0.3, -0.25) is 0 Å². The van der Waals surface area contributed by atoms with Crippen LogP contribution in [-0.2, 0) is 0 Å². The van der Waals surface area contributed by atoms with Gasteiger partial charge in [-0.1, -0.05) is 0 Å². The number of halogens is 2. The third kappa shape index (κ3) is 1.10. The molecule has 1 aliphatic rings. The van der Waals surface area contributed by atoms with Crippen LogP contribution in [0.3, 0.4) is 0 Å². The van der Waals surface area contributed by atoms with E-state index in [0.29, 0.717) is 12.1 Å². The Labute approximate surface area is 61.8 Å². The lowest BCUT2D eigenvalue weighted by molar-refractivity contribution is 0.120. The van der Waals surface area contributed by atoms with Gasteiger partial charge in [-0.2, -0.15) is 15.4 Å². The fourth-order valence-corrected chi connectivity index (χ4v) is 1.22. The molecule has 0 aromatic carbocycles. The standard InChI is InChI=1S/C6H7F2N3/c7-6(8)4-1-3(4)5-2-9-11-10-5/h2-4,6H,1H2,(H,9,10,11). The van der Waals surface area contributed by atoms with Crippen LogP contribution in [0.2, 0.25) is 0 Å². The first kappa shape index (κ1) is 6.69. The molecule has 3 nitrogen and oxygen atoms in total. The van der Waals surface area contributed by atoms with Crippen LogP contribution in [0.15, 0.2) is 6.20 Å². The Kier molecular flexibility index (Phi) is 1.37. The molecule has 0 saturated heterocycles. The van der Waals surface area contributed by atoms with Gasteiger partial charge >= 0.3 is 0 Å². The van der Waals surface area contributed by atoms with Gasteiger partial charge in [0.2, 0.25) is 6.43 Å². The molecule has 0 amide bonds. The number of alkyl halides is 2. The van der Waals surface area contributed by atoms with Gasteiger partial charge in [-0.25, -0.2) is 8.78 Å². The molecule has 2 rings (SSSR count). The maximum absolute atomic E-state index is 12.0. The highest BCUT2D eigenvalue weighted by atomic mass is 19.3. The summed E-state index contributed by atoms with van der Waals surface area (Å²) in [6.07, 6.45) is -0.159. The van der Waals surface area contributed by atoms with Crippen molar-refractivity contribution in [3.63, 3.8) is 0 Å². The number of H-pyrrole nitrogens is 1. The minimum atomic E-state index is -2.21. The Morgan fingerprint density at radius 2 is 2.45 bits per heavy atom. The minimum Gasteiger partial charge on any atom is -0.210 e. The van der Waals surface area contributed by atoms with E-state index in [1.54, 1.807) is 0 Å². The molecular formula is C6H7F2N3. The molecule has 1 heterocycles. The Bertz CT molecular complexity index is 234. The zero-order valence-corrected chi connectivity index (χ0v) is 5.67. The Morgan fingerprint density at radius 3 is 2.91 bits per heavy atom. The fraction of sp³-hybridized carbons (Fsp3) is 0.667. The first-order valence-electron chi connectivity index (χ1n) is 3.43. The van der Waals surface area contributed by atoms with Crippen LogP contribution in [-0.4, -0.2) is 21.8 Å². The number of hydrogen-bond donors (Lipinski definition) is 1. The van der Waals surface area contributed by atoms with Crippen LogP contribution in [0.25, 0.3) is 0 Å². The van der Waals surface area contributed by atoms with Crippen LogP contribution >= 0.6 is 0 Å². The van der Waals surface area contributed by atoms with Crippen LogP contribution < -0.4 is 0 Å². The summed E-state index contributed by atoms with van der Waals surface area (Å²) >= 11 is 0. The van der Waals surface area contributed by atoms with Crippen molar-refractivity contribution in [3.05, 3.63) is 11.9 Å². The largest absolute Gasteiger partial charge is 0.242 e. The van der Waals surface area contributed by atoms with Gasteiger partial charge in [0, 0.05) is 11.8 Å². The maximum atomic E-state index is 12.0. The molecule has 1 fully saturated rings. The molecule has 1 N–H and O–H groups in total. The van der Waals surface area contributed by atoms with Crippen molar-refractivity contribution in [1.29, 1.82) is 0 Å². The smallest absolute Gasteiger partial charge is 0.210 e. The molecule has 11 heavy (non-hydrogen) atoms. The molecule has 5 heteroatoms. The van der Waals surface area contributed by atoms with Gasteiger partial charge in [-0.15, -0.1) is 0 Å². The van der Waals surface area contributed by atoms with E-state index < -0.39 is 12.3 Å². The van der Waals surface area contributed by atoms with Gasteiger partial charge < -0.3 is 0 Å². The van der Waals surface area contributed by atoms with E-state index in [0.717, 1.165) is 0 Å². The summed E-state index contributed by atoms with van der Waals surface area (Å²) in [5.74, 6) is -0.547. The van der Waals surface area contributed by atoms with Crippen LogP contribution in [0, 0.1) is 5.92 Å². The van der Waals surface area contributed by atoms with Gasteiger partial charge in [0.1, 0.15) is 0 Å². The second-order valence-corrected chi connectivity index (χ2v) is 2.74. The van der Waals surface area contributed by atoms with Gasteiger partial charge in [0.25, 0.3) is 0 Å². The highest BCUT2D eigenvalue weighted by Gasteiger charge is 2.46. The molecule has 1 aromatic rings. The van der Waals surface area contributed by atoms with E-state index in [1.165, 1.54) is 6.20 Å². The minimum absolute atomic E-state index is 0.0613. The van der Waals surface area contributed by atoms with Crippen molar-refractivity contribution < 1.29 is 8.78 Å². The summed E-state index contributed by atoms with van der Waals surface area (Å²) in [6, 6.07) is 0. The number of nitrogens with one attached hydrogen (secondary N) is 1. The predicted molar refractivity (Wildman–Crippen MR) is 33.2 cm³/mol. The third-order valence-corrected chi connectivity index (χ3v) is 1.98. The molecule has 1 saturated carbocycles. The van der Waals surface area contributed by atoms with Crippen molar-refractivity contribution in [2.45, 2.75) is 18.8 Å². The van der Waals surface area contributed by atoms with E-state index in [-0.39, 0.29) is 5.92 Å². The first-order valence-corrected chi connectivity index (χ1v) is 3.43. The molecule has 2 unspecified atom stereocenters. The van der Waals surface area contributed by atoms with Crippen molar-refractivity contribution >= 4 is 0 Å². The van der Waals surface area contributed by atoms with Gasteiger partial charge in [0.15, 0.2) is 0 Å². The average Bonchev–Trinajstić information content (AvgIpc) is 2.60. The third-order valence-electron chi connectivity index (χ3n) is 1.98. The number of hydrogen-bond acceptors (Lipinski definition) is 2. The number of rotatable bonds is 2. The molecule has 1 aliphatic carbocycles. The Morgan fingerprint density at radius 1 is 1.64 bits per heavy atom. The summed E-state index contributed by atoms with van der Waals surface area (Å²) in [4.78, 5) is 0. The summed E-state index contributed by atoms with van der Waals surface area (Å²) in [7, 11) is 0. The molecule has 0 aliphatic heterocycles. The molecule has 60 valence electrons. The second kappa shape index (κ2) is 2.25. The topological polar surface area (TPSA) is 41.6 Å². The van der Waals surface area contributed by atoms with Gasteiger partial charge in [0.05, 0.1) is 11.9 Å². The van der Waals surface area contributed by atoms with Crippen molar-refractivity contribution in [3.8, 4) is 0 Å². The summed E-state index contributed by atoms with van der Waals surface area (Å²) in [6.45, 7) is 0. The lowest BCUT2D eigenvalue weighted by Crippen LogP contribution is -1.95.